The van der Waals surface area contributed by atoms with Crippen LogP contribution in [0.25, 0.3) is 0 Å². The average molecular weight is 776 g/mol. The molecule has 318 valence electrons. The van der Waals surface area contributed by atoms with Crippen LogP contribution in [0.2, 0.25) is 0 Å². The van der Waals surface area contributed by atoms with Crippen molar-refractivity contribution in [1.82, 2.24) is 5.32 Å². The lowest BCUT2D eigenvalue weighted by Crippen LogP contribution is -2.60. The van der Waals surface area contributed by atoms with Gasteiger partial charge in [-0.25, -0.2) is 0 Å². The normalized spacial score (nSPS) is 21.9. The minimum atomic E-state index is -1.57. The molecule has 0 saturated carbocycles. The zero-order valence-corrected chi connectivity index (χ0v) is 34.7. The van der Waals surface area contributed by atoms with Crippen molar-refractivity contribution in [3.63, 3.8) is 0 Å². The highest BCUT2D eigenvalue weighted by molar-refractivity contribution is 5.76. The summed E-state index contributed by atoms with van der Waals surface area (Å²) < 4.78 is 11.2. The second kappa shape index (κ2) is 36.2. The molecule has 55 heavy (non-hydrogen) atoms. The quantitative estimate of drug-likeness (QED) is 0.0277. The molecule has 7 unspecified atom stereocenters. The largest absolute Gasteiger partial charge is 0.394 e. The molecule has 0 aromatic heterocycles. The Morgan fingerprint density at radius 2 is 1.13 bits per heavy atom. The van der Waals surface area contributed by atoms with Gasteiger partial charge in [-0.1, -0.05) is 164 Å². The highest BCUT2D eigenvalue weighted by atomic mass is 16.7. The third-order valence-corrected chi connectivity index (χ3v) is 10.1. The van der Waals surface area contributed by atoms with E-state index in [2.05, 4.69) is 67.8 Å². The van der Waals surface area contributed by atoms with Gasteiger partial charge in [0.2, 0.25) is 5.91 Å². The molecule has 1 aliphatic rings. The molecule has 6 N–H and O–H groups in total. The first-order valence-corrected chi connectivity index (χ1v) is 22.0. The van der Waals surface area contributed by atoms with Crippen LogP contribution in [0.4, 0.5) is 0 Å². The van der Waals surface area contributed by atoms with E-state index in [1.807, 2.05) is 6.08 Å². The standard InChI is InChI=1S/C46H81NO8/c1-3-5-7-9-11-13-15-16-17-18-19-20-21-22-23-24-26-28-30-32-34-36-42(50)47-39(38-54-46-45(53)44(52)43(51)41(37-48)55-46)40(49)35-33-31-29-27-25-14-12-10-8-6-4-2/h5,7,11,13,16-17,19-20,33,35,39-41,43-46,48-49,51-53H,3-4,6,8-10,12,14-15,18,21-32,34,36-38H2,1-2H3,(H,47,50)/b7-5-,13-11-,17-16-,20-19-,35-33+. The number of aliphatic hydroxyl groups excluding tert-OH is 5. The Kier molecular flexibility index (Phi) is 33.5. The SMILES string of the molecule is CC/C=C\C/C=C\C/C=C\C/C=C\CCCCCCCCCCC(=O)NC(COC1OC(CO)C(O)C(O)C1O)C(O)/C=C/CCCCCCCCCCC. The van der Waals surface area contributed by atoms with Gasteiger partial charge in [-0.2, -0.15) is 0 Å². The molecule has 1 fully saturated rings. The molecule has 1 rings (SSSR count). The van der Waals surface area contributed by atoms with E-state index < -0.39 is 49.5 Å². The van der Waals surface area contributed by atoms with Crippen molar-refractivity contribution >= 4 is 5.91 Å². The lowest BCUT2D eigenvalue weighted by molar-refractivity contribution is -0.302. The lowest BCUT2D eigenvalue weighted by atomic mass is 9.99. The molecular weight excluding hydrogens is 695 g/mol. The van der Waals surface area contributed by atoms with Gasteiger partial charge in [0.1, 0.15) is 24.4 Å². The van der Waals surface area contributed by atoms with Crippen LogP contribution in [0.5, 0.6) is 0 Å². The molecule has 0 aromatic rings. The third-order valence-electron chi connectivity index (χ3n) is 10.1. The van der Waals surface area contributed by atoms with Gasteiger partial charge >= 0.3 is 0 Å². The topological polar surface area (TPSA) is 149 Å². The van der Waals surface area contributed by atoms with E-state index in [1.165, 1.54) is 70.6 Å². The zero-order chi connectivity index (χ0) is 40.2. The summed E-state index contributed by atoms with van der Waals surface area (Å²) in [7, 11) is 0. The van der Waals surface area contributed by atoms with Gasteiger partial charge in [0, 0.05) is 6.42 Å². The van der Waals surface area contributed by atoms with E-state index in [0.717, 1.165) is 77.0 Å². The van der Waals surface area contributed by atoms with Crippen LogP contribution in [0.1, 0.15) is 168 Å². The number of unbranched alkanes of at least 4 members (excludes halogenated alkanes) is 17. The number of carbonyl (C=O) groups excluding carboxylic acids is 1. The maximum Gasteiger partial charge on any atom is 0.220 e. The molecule has 0 spiro atoms. The second-order valence-electron chi connectivity index (χ2n) is 15.1. The van der Waals surface area contributed by atoms with Crippen LogP contribution in [0, 0.1) is 0 Å². The molecule has 9 nitrogen and oxygen atoms in total. The minimum Gasteiger partial charge on any atom is -0.394 e. The van der Waals surface area contributed by atoms with Gasteiger partial charge in [-0.15, -0.1) is 0 Å². The fourth-order valence-electron chi connectivity index (χ4n) is 6.56. The van der Waals surface area contributed by atoms with E-state index in [9.17, 15) is 30.3 Å². The van der Waals surface area contributed by atoms with E-state index >= 15 is 0 Å². The summed E-state index contributed by atoms with van der Waals surface area (Å²) in [6.45, 7) is 3.62. The first kappa shape index (κ1) is 50.9. The zero-order valence-electron chi connectivity index (χ0n) is 34.7. The van der Waals surface area contributed by atoms with Crippen LogP contribution in [0.3, 0.4) is 0 Å². The number of hydrogen-bond acceptors (Lipinski definition) is 8. The van der Waals surface area contributed by atoms with Crippen molar-refractivity contribution in [3.05, 3.63) is 60.8 Å². The van der Waals surface area contributed by atoms with Crippen molar-refractivity contribution < 1.29 is 39.8 Å². The highest BCUT2D eigenvalue weighted by Gasteiger charge is 2.44. The molecule has 0 radical (unpaired) electrons. The van der Waals surface area contributed by atoms with E-state index in [-0.39, 0.29) is 12.5 Å². The van der Waals surface area contributed by atoms with E-state index in [4.69, 9.17) is 9.47 Å². The minimum absolute atomic E-state index is 0.190. The fourth-order valence-corrected chi connectivity index (χ4v) is 6.56. The predicted molar refractivity (Wildman–Crippen MR) is 226 cm³/mol. The first-order chi connectivity index (χ1) is 26.8. The Morgan fingerprint density at radius 1 is 0.636 bits per heavy atom. The Hall–Kier alpha value is -2.11. The van der Waals surface area contributed by atoms with Crippen molar-refractivity contribution in [1.29, 1.82) is 0 Å². The van der Waals surface area contributed by atoms with Crippen LogP contribution < -0.4 is 5.32 Å². The summed E-state index contributed by atoms with van der Waals surface area (Å²) in [4.78, 5) is 12.9. The van der Waals surface area contributed by atoms with Crippen LogP contribution in [-0.2, 0) is 14.3 Å². The second-order valence-corrected chi connectivity index (χ2v) is 15.1. The van der Waals surface area contributed by atoms with Crippen molar-refractivity contribution in [2.45, 2.75) is 211 Å². The van der Waals surface area contributed by atoms with E-state index in [1.54, 1.807) is 6.08 Å². The molecule has 1 heterocycles. The van der Waals surface area contributed by atoms with Crippen molar-refractivity contribution in [3.8, 4) is 0 Å². The number of carbonyl (C=O) groups is 1. The molecule has 1 aliphatic heterocycles. The van der Waals surface area contributed by atoms with Gasteiger partial charge in [-0.3, -0.25) is 4.79 Å². The Morgan fingerprint density at radius 3 is 1.67 bits per heavy atom. The molecule has 0 bridgehead atoms. The van der Waals surface area contributed by atoms with Crippen molar-refractivity contribution in [2.24, 2.45) is 0 Å². The number of amides is 1. The average Bonchev–Trinajstić information content (AvgIpc) is 3.18. The molecule has 0 aliphatic carbocycles. The Bertz CT molecular complexity index is 1040. The maximum atomic E-state index is 12.9. The molecule has 1 amide bonds. The molecule has 1 saturated heterocycles. The van der Waals surface area contributed by atoms with Crippen LogP contribution in [0.15, 0.2) is 60.8 Å². The molecule has 7 atom stereocenters. The molecular formula is C46H81NO8. The van der Waals surface area contributed by atoms with Crippen molar-refractivity contribution in [2.75, 3.05) is 13.2 Å². The van der Waals surface area contributed by atoms with Gasteiger partial charge in [0.25, 0.3) is 0 Å². The summed E-state index contributed by atoms with van der Waals surface area (Å²) in [6, 6.07) is -0.809. The monoisotopic (exact) mass is 776 g/mol. The number of ether oxygens (including phenoxy) is 2. The number of allylic oxidation sites excluding steroid dienone is 9. The molecule has 0 aromatic carbocycles. The number of hydrogen-bond donors (Lipinski definition) is 6. The third kappa shape index (κ3) is 27.2. The Balaban J connectivity index is 2.34. The lowest BCUT2D eigenvalue weighted by Gasteiger charge is -2.40. The summed E-state index contributed by atoms with van der Waals surface area (Å²) in [6.07, 6.45) is 39.7. The number of nitrogens with one attached hydrogen (secondary N) is 1. The summed E-state index contributed by atoms with van der Waals surface area (Å²) in [5, 5.41) is 54.0. The Labute approximate surface area is 335 Å². The fraction of sp³-hybridized carbons (Fsp3) is 0.761. The van der Waals surface area contributed by atoms with Gasteiger partial charge < -0.3 is 40.3 Å². The summed E-state index contributed by atoms with van der Waals surface area (Å²) >= 11 is 0. The smallest absolute Gasteiger partial charge is 0.220 e. The first-order valence-electron chi connectivity index (χ1n) is 22.0. The highest BCUT2D eigenvalue weighted by Crippen LogP contribution is 2.22. The predicted octanol–water partition coefficient (Wildman–Crippen LogP) is 8.83. The number of aliphatic hydroxyl groups is 5. The maximum absolute atomic E-state index is 12.9. The van der Waals surface area contributed by atoms with Crippen LogP contribution >= 0.6 is 0 Å². The van der Waals surface area contributed by atoms with Crippen LogP contribution in [-0.4, -0.2) is 87.5 Å². The van der Waals surface area contributed by atoms with Gasteiger partial charge in [0.05, 0.1) is 25.4 Å². The molecule has 9 heteroatoms. The van der Waals surface area contributed by atoms with Gasteiger partial charge in [-0.05, 0) is 57.8 Å². The number of rotatable bonds is 35. The van der Waals surface area contributed by atoms with Gasteiger partial charge in [0.15, 0.2) is 6.29 Å². The summed E-state index contributed by atoms with van der Waals surface area (Å²) in [5.74, 6) is -0.190. The summed E-state index contributed by atoms with van der Waals surface area (Å²) in [5.41, 5.74) is 0. The van der Waals surface area contributed by atoms with E-state index in [0.29, 0.717) is 6.42 Å².